The van der Waals surface area contributed by atoms with Gasteiger partial charge >= 0.3 is 0 Å². The Hall–Kier alpha value is -2.25. The van der Waals surface area contributed by atoms with E-state index >= 15 is 0 Å². The van der Waals surface area contributed by atoms with Gasteiger partial charge in [-0.2, -0.15) is 0 Å². The lowest BCUT2D eigenvalue weighted by molar-refractivity contribution is 0.0988. The third-order valence-corrected chi connectivity index (χ3v) is 7.71. The molecule has 1 aliphatic rings. The van der Waals surface area contributed by atoms with Crippen molar-refractivity contribution in [1.29, 1.82) is 0 Å². The monoisotopic (exact) mass is 449 g/mol. The van der Waals surface area contributed by atoms with E-state index in [1.807, 2.05) is 12.1 Å². The fraction of sp³-hybridized carbons (Fsp3) is 0.409. The van der Waals surface area contributed by atoms with E-state index in [9.17, 15) is 13.2 Å². The van der Waals surface area contributed by atoms with Crippen molar-refractivity contribution in [3.63, 3.8) is 0 Å². The summed E-state index contributed by atoms with van der Waals surface area (Å²) in [5.74, 6) is 0.133. The first-order chi connectivity index (χ1) is 14.2. The molecule has 1 fully saturated rings. The van der Waals surface area contributed by atoms with Gasteiger partial charge < -0.3 is 13.7 Å². The lowest BCUT2D eigenvalue weighted by Gasteiger charge is -2.14. The van der Waals surface area contributed by atoms with Gasteiger partial charge in [-0.1, -0.05) is 25.4 Å². The number of fused-ring (bicyclic) bond motifs is 1. The highest BCUT2D eigenvalue weighted by atomic mass is 35.5. The lowest BCUT2D eigenvalue weighted by atomic mass is 10.1. The van der Waals surface area contributed by atoms with E-state index in [0.29, 0.717) is 23.1 Å². The summed E-state index contributed by atoms with van der Waals surface area (Å²) in [6, 6.07) is 9.23. The normalized spacial score (nSPS) is 15.5. The van der Waals surface area contributed by atoms with E-state index in [2.05, 4.69) is 17.6 Å². The Bertz CT molecular complexity index is 1230. The fourth-order valence-electron chi connectivity index (χ4n) is 3.67. The van der Waals surface area contributed by atoms with Crippen molar-refractivity contribution in [2.24, 2.45) is 0 Å². The van der Waals surface area contributed by atoms with Gasteiger partial charge in [-0.15, -0.1) is 0 Å². The van der Waals surface area contributed by atoms with E-state index in [0.717, 1.165) is 23.7 Å². The molecule has 0 radical (unpaired) electrons. The molecule has 0 saturated heterocycles. The lowest BCUT2D eigenvalue weighted by Crippen LogP contribution is -2.17. The first-order valence-electron chi connectivity index (χ1n) is 9.85. The van der Waals surface area contributed by atoms with Crippen molar-refractivity contribution < 1.29 is 22.4 Å². The quantitative estimate of drug-likeness (QED) is 0.469. The summed E-state index contributed by atoms with van der Waals surface area (Å²) in [5, 5.41) is 1.55. The molecule has 3 aromatic rings. The van der Waals surface area contributed by atoms with E-state index < -0.39 is 21.4 Å². The summed E-state index contributed by atoms with van der Waals surface area (Å²) in [4.78, 5) is 12.3. The Morgan fingerprint density at radius 1 is 1.27 bits per heavy atom. The van der Waals surface area contributed by atoms with Crippen LogP contribution < -0.4 is 4.74 Å². The number of carbonyl (C=O) groups is 1. The van der Waals surface area contributed by atoms with Gasteiger partial charge in [0.15, 0.2) is 15.6 Å². The number of Topliss-reactive ketones (excluding diaryl/α,β-unsaturated/α-hetero) is 1. The number of aromatic nitrogens is 1. The molecule has 4 rings (SSSR count). The largest absolute Gasteiger partial charge is 0.495 e. The summed E-state index contributed by atoms with van der Waals surface area (Å²) < 4.78 is 36.7. The summed E-state index contributed by atoms with van der Waals surface area (Å²) in [6.45, 7) is 4.17. The minimum atomic E-state index is -3.41. The van der Waals surface area contributed by atoms with Crippen LogP contribution in [-0.2, 0) is 21.8 Å². The van der Waals surface area contributed by atoms with Gasteiger partial charge in [0.1, 0.15) is 17.3 Å². The second kappa shape index (κ2) is 7.46. The van der Waals surface area contributed by atoms with Crippen LogP contribution in [0.1, 0.15) is 48.7 Å². The van der Waals surface area contributed by atoms with Gasteiger partial charge in [-0.3, -0.25) is 4.79 Å². The van der Waals surface area contributed by atoms with E-state index in [1.54, 1.807) is 19.2 Å². The molecule has 0 N–H and O–H groups in total. The van der Waals surface area contributed by atoms with Crippen LogP contribution in [0.25, 0.3) is 10.9 Å². The first-order valence-corrected chi connectivity index (χ1v) is 12.1. The number of halogens is 1. The van der Waals surface area contributed by atoms with Crippen LogP contribution in [0.3, 0.4) is 0 Å². The SMILES string of the molecule is CCS(=O)(=O)CC(=O)c1ccc(Cn2c(C3(C)CC3)cc3cc(OC)c(Cl)cc32)o1. The zero-order valence-corrected chi connectivity index (χ0v) is 18.8. The van der Waals surface area contributed by atoms with Crippen molar-refractivity contribution >= 4 is 38.1 Å². The van der Waals surface area contributed by atoms with Gasteiger partial charge in [0, 0.05) is 22.2 Å². The molecule has 0 unspecified atom stereocenters. The molecule has 2 heterocycles. The molecule has 0 amide bonds. The zero-order chi connectivity index (χ0) is 21.7. The summed E-state index contributed by atoms with van der Waals surface area (Å²) in [7, 11) is -1.82. The maximum Gasteiger partial charge on any atom is 0.212 e. The average molecular weight is 450 g/mol. The zero-order valence-electron chi connectivity index (χ0n) is 17.2. The minimum Gasteiger partial charge on any atom is -0.495 e. The fourth-order valence-corrected chi connectivity index (χ4v) is 4.66. The van der Waals surface area contributed by atoms with Crippen LogP contribution in [0.5, 0.6) is 5.75 Å². The maximum absolute atomic E-state index is 12.3. The number of hydrogen-bond donors (Lipinski definition) is 0. The Labute approximate surface area is 180 Å². The third-order valence-electron chi connectivity index (χ3n) is 5.83. The van der Waals surface area contributed by atoms with Crippen LogP contribution in [0.2, 0.25) is 5.02 Å². The number of hydrogen-bond acceptors (Lipinski definition) is 5. The number of ketones is 1. The average Bonchev–Trinajstić information content (AvgIpc) is 3.13. The molecule has 30 heavy (non-hydrogen) atoms. The number of rotatable bonds is 8. The molecule has 6 nitrogen and oxygen atoms in total. The molecule has 8 heteroatoms. The van der Waals surface area contributed by atoms with Crippen molar-refractivity contribution in [2.45, 2.75) is 38.6 Å². The number of ether oxygens (including phenoxy) is 1. The van der Waals surface area contributed by atoms with Crippen molar-refractivity contribution in [2.75, 3.05) is 18.6 Å². The first kappa shape index (κ1) is 21.0. The smallest absolute Gasteiger partial charge is 0.212 e. The van der Waals surface area contributed by atoms with E-state index in [-0.39, 0.29) is 16.9 Å². The summed E-state index contributed by atoms with van der Waals surface area (Å²) >= 11 is 6.38. The van der Waals surface area contributed by atoms with Gasteiger partial charge in [0.25, 0.3) is 0 Å². The highest BCUT2D eigenvalue weighted by molar-refractivity contribution is 7.92. The second-order valence-electron chi connectivity index (χ2n) is 8.09. The van der Waals surface area contributed by atoms with Crippen LogP contribution in [0.4, 0.5) is 0 Å². The molecule has 1 aliphatic carbocycles. The van der Waals surface area contributed by atoms with E-state index in [1.165, 1.54) is 12.6 Å². The van der Waals surface area contributed by atoms with Gasteiger partial charge in [-0.05, 0) is 43.2 Å². The standard InChI is InChI=1S/C22H24ClNO5S/c1-4-30(26,27)13-18(25)19-6-5-15(29-19)12-24-17-11-16(23)20(28-3)9-14(17)10-21(24)22(2)7-8-22/h5-6,9-11H,4,7-8,12-13H2,1-3H3. The van der Waals surface area contributed by atoms with E-state index in [4.69, 9.17) is 20.8 Å². The Balaban J connectivity index is 1.70. The van der Waals surface area contributed by atoms with Gasteiger partial charge in [0.2, 0.25) is 5.78 Å². The predicted octanol–water partition coefficient (Wildman–Crippen LogP) is 4.61. The Morgan fingerprint density at radius 2 is 2.00 bits per heavy atom. The highest BCUT2D eigenvalue weighted by Gasteiger charge is 2.42. The number of benzene rings is 1. The predicted molar refractivity (Wildman–Crippen MR) is 117 cm³/mol. The van der Waals surface area contributed by atoms with Crippen LogP contribution in [0.15, 0.2) is 34.7 Å². The maximum atomic E-state index is 12.3. The van der Waals surface area contributed by atoms with Crippen LogP contribution in [-0.4, -0.2) is 37.4 Å². The van der Waals surface area contributed by atoms with Crippen LogP contribution in [0, 0.1) is 0 Å². The molecule has 0 aliphatic heterocycles. The van der Waals surface area contributed by atoms with Crippen molar-refractivity contribution in [1.82, 2.24) is 4.57 Å². The molecular formula is C22H24ClNO5S. The minimum absolute atomic E-state index is 0.0670. The second-order valence-corrected chi connectivity index (χ2v) is 10.8. The summed E-state index contributed by atoms with van der Waals surface area (Å²) in [5.41, 5.74) is 2.24. The number of sulfone groups is 1. The molecule has 2 aromatic heterocycles. The number of nitrogens with zero attached hydrogens (tertiary/aromatic N) is 1. The number of furan rings is 1. The molecule has 160 valence electrons. The number of methoxy groups -OCH3 is 1. The summed E-state index contributed by atoms with van der Waals surface area (Å²) in [6.07, 6.45) is 2.20. The van der Waals surface area contributed by atoms with Crippen LogP contribution >= 0.6 is 11.6 Å². The topological polar surface area (TPSA) is 78.5 Å². The molecule has 1 saturated carbocycles. The van der Waals surface area contributed by atoms with Crippen molar-refractivity contribution in [3.8, 4) is 5.75 Å². The third kappa shape index (κ3) is 3.88. The molecule has 1 aromatic carbocycles. The molecular weight excluding hydrogens is 426 g/mol. The van der Waals surface area contributed by atoms with Gasteiger partial charge in [0.05, 0.1) is 24.2 Å². The Kier molecular flexibility index (Phi) is 5.22. The van der Waals surface area contributed by atoms with Crippen molar-refractivity contribution in [3.05, 3.63) is 52.6 Å². The molecule has 0 bridgehead atoms. The van der Waals surface area contributed by atoms with Gasteiger partial charge in [-0.25, -0.2) is 8.42 Å². The highest BCUT2D eigenvalue weighted by Crippen LogP contribution is 2.49. The molecule has 0 spiro atoms. The number of carbonyl (C=O) groups excluding carboxylic acids is 1. The Morgan fingerprint density at radius 3 is 2.63 bits per heavy atom. The molecule has 0 atom stereocenters.